The second-order valence-electron chi connectivity index (χ2n) is 8.11. The van der Waals surface area contributed by atoms with Crippen LogP contribution in [0.5, 0.6) is 0 Å². The highest BCUT2D eigenvalue weighted by Crippen LogP contribution is 2.35. The van der Waals surface area contributed by atoms with Gasteiger partial charge in [-0.3, -0.25) is 14.7 Å². The molecule has 1 aliphatic rings. The number of hydrogen-bond donors (Lipinski definition) is 3. The molecule has 2 amide bonds. The van der Waals surface area contributed by atoms with E-state index in [1.165, 1.54) is 23.1 Å². The van der Waals surface area contributed by atoms with Gasteiger partial charge >= 0.3 is 0 Å². The van der Waals surface area contributed by atoms with Crippen LogP contribution in [0.2, 0.25) is 5.02 Å². The Morgan fingerprint density at radius 2 is 2.00 bits per heavy atom. The number of rotatable bonds is 6. The predicted octanol–water partition coefficient (Wildman–Crippen LogP) is 2.99. The normalized spacial score (nSPS) is 15.3. The summed E-state index contributed by atoms with van der Waals surface area (Å²) in [4.78, 5) is 35.8. The number of aromatic nitrogens is 4. The van der Waals surface area contributed by atoms with Crippen LogP contribution >= 0.6 is 11.6 Å². The van der Waals surface area contributed by atoms with Crippen molar-refractivity contribution in [3.63, 3.8) is 0 Å². The van der Waals surface area contributed by atoms with Gasteiger partial charge in [-0.1, -0.05) is 17.7 Å². The van der Waals surface area contributed by atoms with Crippen LogP contribution in [0.25, 0.3) is 0 Å². The standard InChI is InChI=1S/C22H23ClFN7O2/c1-13-11-17(28-16-5-8-26-30-16)29-18(27-13)12-22(21(25)33)6-9-31(10-7-22)20(32)14-3-2-4-15(23)19(14)24/h2-5,8,11H,6-7,9-10,12H2,1H3,(H2,25,33)(H2,26,27,28,29,30). The molecule has 33 heavy (non-hydrogen) atoms. The highest BCUT2D eigenvalue weighted by molar-refractivity contribution is 6.31. The van der Waals surface area contributed by atoms with Gasteiger partial charge in [0.15, 0.2) is 11.6 Å². The second-order valence-corrected chi connectivity index (χ2v) is 8.52. The van der Waals surface area contributed by atoms with Crippen LogP contribution in [0.3, 0.4) is 0 Å². The van der Waals surface area contributed by atoms with E-state index in [1.807, 2.05) is 6.92 Å². The maximum Gasteiger partial charge on any atom is 0.256 e. The van der Waals surface area contributed by atoms with Crippen LogP contribution in [-0.4, -0.2) is 50.0 Å². The Morgan fingerprint density at radius 3 is 2.67 bits per heavy atom. The van der Waals surface area contributed by atoms with Crippen molar-refractivity contribution in [3.8, 4) is 0 Å². The molecule has 0 spiro atoms. The number of H-pyrrole nitrogens is 1. The SMILES string of the molecule is Cc1cc(Nc2cc[nH]n2)nc(CC2(C(N)=O)CCN(C(=O)c3cccc(Cl)c3F)CC2)n1. The van der Waals surface area contributed by atoms with Crippen molar-refractivity contribution in [2.45, 2.75) is 26.2 Å². The number of nitrogens with one attached hydrogen (secondary N) is 2. The lowest BCUT2D eigenvalue weighted by Gasteiger charge is -2.39. The zero-order chi connectivity index (χ0) is 23.6. The van der Waals surface area contributed by atoms with Gasteiger partial charge in [-0.15, -0.1) is 0 Å². The van der Waals surface area contributed by atoms with Gasteiger partial charge in [-0.2, -0.15) is 5.10 Å². The summed E-state index contributed by atoms with van der Waals surface area (Å²) in [6.07, 6.45) is 2.54. The van der Waals surface area contributed by atoms with E-state index in [2.05, 4.69) is 25.5 Å². The number of likely N-dealkylation sites (tertiary alicyclic amines) is 1. The summed E-state index contributed by atoms with van der Waals surface area (Å²) < 4.78 is 14.3. The van der Waals surface area contributed by atoms with Gasteiger partial charge in [0.05, 0.1) is 16.0 Å². The van der Waals surface area contributed by atoms with E-state index in [0.717, 1.165) is 5.69 Å². The Morgan fingerprint density at radius 1 is 1.24 bits per heavy atom. The van der Waals surface area contributed by atoms with Crippen LogP contribution in [0, 0.1) is 18.2 Å². The number of piperidine rings is 1. The smallest absolute Gasteiger partial charge is 0.256 e. The molecule has 172 valence electrons. The number of nitrogens with two attached hydrogens (primary N) is 1. The van der Waals surface area contributed by atoms with E-state index < -0.39 is 23.0 Å². The van der Waals surface area contributed by atoms with Crippen molar-refractivity contribution in [1.82, 2.24) is 25.1 Å². The average molecular weight is 472 g/mol. The molecule has 0 aliphatic carbocycles. The number of carbonyl (C=O) groups is 2. The van der Waals surface area contributed by atoms with Crippen LogP contribution in [0.1, 0.15) is 34.7 Å². The van der Waals surface area contributed by atoms with E-state index in [-0.39, 0.29) is 30.1 Å². The molecule has 0 atom stereocenters. The lowest BCUT2D eigenvalue weighted by atomic mass is 9.74. The third-order valence-corrected chi connectivity index (χ3v) is 6.16. The molecule has 3 heterocycles. The van der Waals surface area contributed by atoms with Crippen LogP contribution in [0.4, 0.5) is 16.0 Å². The van der Waals surface area contributed by atoms with Crippen molar-refractivity contribution in [2.75, 3.05) is 18.4 Å². The van der Waals surface area contributed by atoms with Gasteiger partial charge in [-0.25, -0.2) is 14.4 Å². The zero-order valence-corrected chi connectivity index (χ0v) is 18.7. The number of primary amides is 1. The number of hydrogen-bond acceptors (Lipinski definition) is 6. The van der Waals surface area contributed by atoms with E-state index in [1.54, 1.807) is 18.3 Å². The Labute approximate surface area is 194 Å². The first-order valence-electron chi connectivity index (χ1n) is 10.4. The summed E-state index contributed by atoms with van der Waals surface area (Å²) >= 11 is 5.81. The minimum absolute atomic E-state index is 0.0924. The number of benzene rings is 1. The Balaban J connectivity index is 1.50. The molecule has 2 aromatic heterocycles. The highest BCUT2D eigenvalue weighted by Gasteiger charge is 2.42. The molecule has 0 saturated carbocycles. The summed E-state index contributed by atoms with van der Waals surface area (Å²) in [7, 11) is 0. The molecule has 0 bridgehead atoms. The lowest BCUT2D eigenvalue weighted by Crippen LogP contribution is -2.50. The largest absolute Gasteiger partial charge is 0.369 e. The molecule has 0 unspecified atom stereocenters. The van der Waals surface area contributed by atoms with Crippen LogP contribution < -0.4 is 11.1 Å². The Hall–Kier alpha value is -3.53. The number of aryl methyl sites for hydroxylation is 1. The topological polar surface area (TPSA) is 130 Å². The molecule has 9 nitrogen and oxygen atoms in total. The molecule has 3 aromatic rings. The molecule has 1 saturated heterocycles. The molecular formula is C22H23ClFN7O2. The average Bonchev–Trinajstić information content (AvgIpc) is 3.28. The first-order valence-corrected chi connectivity index (χ1v) is 10.8. The van der Waals surface area contributed by atoms with Crippen molar-refractivity contribution in [3.05, 3.63) is 64.5 Å². The number of nitrogens with zero attached hydrogens (tertiary/aromatic N) is 4. The van der Waals surface area contributed by atoms with Crippen LogP contribution in [-0.2, 0) is 11.2 Å². The van der Waals surface area contributed by atoms with Crippen molar-refractivity contribution in [1.29, 1.82) is 0 Å². The molecular weight excluding hydrogens is 449 g/mol. The van der Waals surface area contributed by atoms with Gasteiger partial charge < -0.3 is 16.0 Å². The first-order chi connectivity index (χ1) is 15.8. The molecule has 4 rings (SSSR count). The molecule has 11 heteroatoms. The van der Waals surface area contributed by atoms with Gasteiger partial charge in [0.25, 0.3) is 5.91 Å². The number of halogens is 2. The highest BCUT2D eigenvalue weighted by atomic mass is 35.5. The van der Waals surface area contributed by atoms with Crippen molar-refractivity contribution < 1.29 is 14.0 Å². The quantitative estimate of drug-likeness (QED) is 0.506. The number of amides is 2. The summed E-state index contributed by atoms with van der Waals surface area (Å²) in [6, 6.07) is 7.85. The maximum absolute atomic E-state index is 14.3. The number of aromatic amines is 1. The summed E-state index contributed by atoms with van der Waals surface area (Å²) in [6.45, 7) is 2.33. The summed E-state index contributed by atoms with van der Waals surface area (Å²) in [5.74, 6) is -0.0775. The van der Waals surface area contributed by atoms with Gasteiger partial charge in [0, 0.05) is 43.5 Å². The summed E-state index contributed by atoms with van der Waals surface area (Å²) in [5.41, 5.74) is 5.52. The first kappa shape index (κ1) is 22.7. The molecule has 4 N–H and O–H groups in total. The minimum atomic E-state index is -0.916. The number of carbonyl (C=O) groups excluding carboxylic acids is 2. The van der Waals surface area contributed by atoms with Crippen molar-refractivity contribution >= 4 is 35.1 Å². The fourth-order valence-electron chi connectivity index (χ4n) is 4.02. The Bertz CT molecular complexity index is 1180. The Kier molecular flexibility index (Phi) is 6.28. The molecule has 1 aromatic carbocycles. The van der Waals surface area contributed by atoms with E-state index >= 15 is 0 Å². The minimum Gasteiger partial charge on any atom is -0.369 e. The molecule has 1 aliphatic heterocycles. The van der Waals surface area contributed by atoms with E-state index in [0.29, 0.717) is 30.3 Å². The van der Waals surface area contributed by atoms with E-state index in [4.69, 9.17) is 17.3 Å². The second kappa shape index (κ2) is 9.14. The molecule has 1 fully saturated rings. The van der Waals surface area contributed by atoms with Gasteiger partial charge in [0.1, 0.15) is 11.6 Å². The monoisotopic (exact) mass is 471 g/mol. The lowest BCUT2D eigenvalue weighted by molar-refractivity contribution is -0.130. The predicted molar refractivity (Wildman–Crippen MR) is 121 cm³/mol. The van der Waals surface area contributed by atoms with Crippen LogP contribution in [0.15, 0.2) is 36.5 Å². The zero-order valence-electron chi connectivity index (χ0n) is 17.9. The van der Waals surface area contributed by atoms with Crippen molar-refractivity contribution in [2.24, 2.45) is 11.1 Å². The maximum atomic E-state index is 14.3. The van der Waals surface area contributed by atoms with Gasteiger partial charge in [-0.05, 0) is 31.9 Å². The molecule has 0 radical (unpaired) electrons. The fraction of sp³-hybridized carbons (Fsp3) is 0.318. The summed E-state index contributed by atoms with van der Waals surface area (Å²) in [5, 5.41) is 9.74. The fourth-order valence-corrected chi connectivity index (χ4v) is 4.20. The third-order valence-electron chi connectivity index (χ3n) is 5.87. The van der Waals surface area contributed by atoms with Gasteiger partial charge in [0.2, 0.25) is 5.91 Å². The number of anilines is 2. The van der Waals surface area contributed by atoms with E-state index in [9.17, 15) is 14.0 Å². The third kappa shape index (κ3) is 4.80.